The zero-order valence-electron chi connectivity index (χ0n) is 16.3. The predicted octanol–water partition coefficient (Wildman–Crippen LogP) is 6.43. The molecule has 1 rings (SSSR count). The predicted molar refractivity (Wildman–Crippen MR) is 106 cm³/mol. The second-order valence-electron chi connectivity index (χ2n) is 7.31. The van der Waals surface area contributed by atoms with E-state index >= 15 is 0 Å². The summed E-state index contributed by atoms with van der Waals surface area (Å²) in [7, 11) is 0. The van der Waals surface area contributed by atoms with Gasteiger partial charge in [-0.05, 0) is 30.5 Å². The molecule has 0 aliphatic heterocycles. The number of benzene rings is 1. The Kier molecular flexibility index (Phi) is 11.6. The number of carboxylic acids is 1. The third-order valence-electron chi connectivity index (χ3n) is 4.94. The minimum Gasteiger partial charge on any atom is -0.507 e. The Morgan fingerprint density at radius 3 is 1.50 bits per heavy atom. The lowest BCUT2D eigenvalue weighted by Gasteiger charge is -2.07. The van der Waals surface area contributed by atoms with Gasteiger partial charge in [0, 0.05) is 0 Å². The fourth-order valence-corrected chi connectivity index (χ4v) is 3.38. The number of unbranched alkanes of at least 4 members (excludes halogenated alkanes) is 12. The Morgan fingerprint density at radius 1 is 0.731 bits per heavy atom. The Morgan fingerprint density at radius 2 is 1.12 bits per heavy atom. The lowest BCUT2D eigenvalue weighted by molar-refractivity contribution is 0.0690. The summed E-state index contributed by atoms with van der Waals surface area (Å²) >= 11 is 0. The molecule has 0 amide bonds. The van der Waals surface area contributed by atoms with Gasteiger partial charge in [0.15, 0.2) is 0 Å². The summed E-state index contributed by atoms with van der Waals surface area (Å²) in [6.45, 7) is 2.25. The van der Waals surface area contributed by atoms with Crippen LogP contribution in [0.5, 0.6) is 11.5 Å². The topological polar surface area (TPSA) is 77.8 Å². The number of hydrogen-bond donors (Lipinski definition) is 3. The quantitative estimate of drug-likeness (QED) is 0.313. The van der Waals surface area contributed by atoms with Crippen LogP contribution in [-0.4, -0.2) is 21.3 Å². The maximum atomic E-state index is 10.9. The van der Waals surface area contributed by atoms with Crippen LogP contribution in [-0.2, 0) is 6.42 Å². The summed E-state index contributed by atoms with van der Waals surface area (Å²) in [6, 6.07) is 2.90. The van der Waals surface area contributed by atoms with Crippen LogP contribution in [0.4, 0.5) is 0 Å². The van der Waals surface area contributed by atoms with E-state index in [4.69, 9.17) is 5.11 Å². The van der Waals surface area contributed by atoms with E-state index in [-0.39, 0.29) is 11.5 Å². The monoisotopic (exact) mass is 364 g/mol. The summed E-state index contributed by atoms with van der Waals surface area (Å²) in [5.41, 5.74) is 0.368. The third kappa shape index (κ3) is 9.12. The molecule has 4 nitrogen and oxygen atoms in total. The van der Waals surface area contributed by atoms with Gasteiger partial charge in [0.1, 0.15) is 17.1 Å². The molecule has 0 saturated heterocycles. The molecule has 0 aliphatic carbocycles. The van der Waals surface area contributed by atoms with Crippen molar-refractivity contribution in [2.75, 3.05) is 0 Å². The Hall–Kier alpha value is -1.71. The molecular formula is C22H36O4. The number of rotatable bonds is 15. The van der Waals surface area contributed by atoms with E-state index < -0.39 is 11.5 Å². The number of carbonyl (C=O) groups is 1. The first kappa shape index (κ1) is 22.3. The van der Waals surface area contributed by atoms with Gasteiger partial charge < -0.3 is 15.3 Å². The van der Waals surface area contributed by atoms with Crippen molar-refractivity contribution in [1.29, 1.82) is 0 Å². The molecule has 0 saturated carbocycles. The van der Waals surface area contributed by atoms with E-state index in [1.807, 2.05) is 0 Å². The maximum Gasteiger partial charge on any atom is 0.343 e. The molecule has 0 fully saturated rings. The molecule has 26 heavy (non-hydrogen) atoms. The molecular weight excluding hydrogens is 328 g/mol. The molecule has 0 aliphatic rings. The highest BCUT2D eigenvalue weighted by Crippen LogP contribution is 2.29. The molecule has 0 spiro atoms. The van der Waals surface area contributed by atoms with Gasteiger partial charge in [0.25, 0.3) is 0 Å². The van der Waals surface area contributed by atoms with E-state index in [1.54, 1.807) is 0 Å². The van der Waals surface area contributed by atoms with Crippen molar-refractivity contribution >= 4 is 5.97 Å². The lowest BCUT2D eigenvalue weighted by Crippen LogP contribution is -1.99. The number of aryl methyl sites for hydroxylation is 1. The Balaban J connectivity index is 2.03. The highest BCUT2D eigenvalue weighted by molar-refractivity contribution is 5.94. The summed E-state index contributed by atoms with van der Waals surface area (Å²) < 4.78 is 0. The summed E-state index contributed by atoms with van der Waals surface area (Å²) in [4.78, 5) is 10.9. The summed E-state index contributed by atoms with van der Waals surface area (Å²) in [5.74, 6) is -2.03. The van der Waals surface area contributed by atoms with Crippen molar-refractivity contribution in [3.63, 3.8) is 0 Å². The molecule has 0 aromatic heterocycles. The molecule has 0 atom stereocenters. The van der Waals surface area contributed by atoms with Crippen molar-refractivity contribution in [2.45, 2.75) is 96.8 Å². The van der Waals surface area contributed by atoms with E-state index in [2.05, 4.69) is 6.92 Å². The second kappa shape index (κ2) is 13.5. The van der Waals surface area contributed by atoms with Crippen LogP contribution in [0, 0.1) is 0 Å². The van der Waals surface area contributed by atoms with Crippen molar-refractivity contribution in [2.24, 2.45) is 0 Å². The van der Waals surface area contributed by atoms with E-state index in [9.17, 15) is 15.0 Å². The molecule has 0 radical (unpaired) electrons. The first-order chi connectivity index (χ1) is 12.6. The minimum atomic E-state index is -1.31. The summed E-state index contributed by atoms with van der Waals surface area (Å²) in [5, 5.41) is 28.3. The molecule has 0 heterocycles. The average Bonchev–Trinajstić information content (AvgIpc) is 2.58. The lowest BCUT2D eigenvalue weighted by atomic mass is 10.0. The van der Waals surface area contributed by atoms with Crippen LogP contribution in [0.25, 0.3) is 0 Å². The SMILES string of the molecule is CCCCCCCCCCCCCCCc1cc(O)c(C(=O)O)c(O)c1. The van der Waals surface area contributed by atoms with Crippen LogP contribution in [0.15, 0.2) is 12.1 Å². The van der Waals surface area contributed by atoms with Gasteiger partial charge in [0.05, 0.1) is 0 Å². The fraction of sp³-hybridized carbons (Fsp3) is 0.682. The molecule has 0 unspecified atom stereocenters. The highest BCUT2D eigenvalue weighted by Gasteiger charge is 2.16. The number of aromatic hydroxyl groups is 2. The van der Waals surface area contributed by atoms with Gasteiger partial charge in [-0.1, -0.05) is 84.0 Å². The average molecular weight is 365 g/mol. The van der Waals surface area contributed by atoms with Crippen molar-refractivity contribution < 1.29 is 20.1 Å². The fourth-order valence-electron chi connectivity index (χ4n) is 3.38. The number of carboxylic acid groups (broad SMARTS) is 1. The van der Waals surface area contributed by atoms with Crippen molar-refractivity contribution in [3.8, 4) is 11.5 Å². The zero-order chi connectivity index (χ0) is 19.2. The molecule has 1 aromatic carbocycles. The normalized spacial score (nSPS) is 11.0. The third-order valence-corrected chi connectivity index (χ3v) is 4.94. The second-order valence-corrected chi connectivity index (χ2v) is 7.31. The summed E-state index contributed by atoms with van der Waals surface area (Å²) in [6.07, 6.45) is 17.6. The minimum absolute atomic E-state index is 0.359. The first-order valence-electron chi connectivity index (χ1n) is 10.3. The van der Waals surface area contributed by atoms with Crippen molar-refractivity contribution in [1.82, 2.24) is 0 Å². The smallest absolute Gasteiger partial charge is 0.343 e. The highest BCUT2D eigenvalue weighted by atomic mass is 16.4. The van der Waals surface area contributed by atoms with Crippen LogP contribution in [0.3, 0.4) is 0 Å². The van der Waals surface area contributed by atoms with E-state index in [1.165, 1.54) is 82.8 Å². The van der Waals surface area contributed by atoms with Crippen LogP contribution in [0.2, 0.25) is 0 Å². The largest absolute Gasteiger partial charge is 0.507 e. The van der Waals surface area contributed by atoms with Gasteiger partial charge in [0.2, 0.25) is 0 Å². The van der Waals surface area contributed by atoms with Gasteiger partial charge in [-0.15, -0.1) is 0 Å². The molecule has 4 heteroatoms. The van der Waals surface area contributed by atoms with Crippen molar-refractivity contribution in [3.05, 3.63) is 23.3 Å². The molecule has 0 bridgehead atoms. The van der Waals surface area contributed by atoms with Crippen LogP contribution >= 0.6 is 0 Å². The van der Waals surface area contributed by atoms with Crippen LogP contribution in [0.1, 0.15) is 106 Å². The molecule has 1 aromatic rings. The number of phenols is 2. The van der Waals surface area contributed by atoms with E-state index in [0.29, 0.717) is 0 Å². The van der Waals surface area contributed by atoms with Gasteiger partial charge in [-0.25, -0.2) is 4.79 Å². The first-order valence-corrected chi connectivity index (χ1v) is 10.3. The van der Waals surface area contributed by atoms with Gasteiger partial charge in [-0.2, -0.15) is 0 Å². The van der Waals surface area contributed by atoms with Gasteiger partial charge in [-0.3, -0.25) is 0 Å². The number of hydrogen-bond acceptors (Lipinski definition) is 3. The Labute approximate surface area is 158 Å². The standard InChI is InChI=1S/C22H36O4/c1-2-3-4-5-6-7-8-9-10-11-12-13-14-15-18-16-19(23)21(22(25)26)20(24)17-18/h16-17,23-24H,2-15H2,1H3,(H,25,26). The van der Waals surface area contributed by atoms with E-state index in [0.717, 1.165) is 24.8 Å². The number of aromatic carboxylic acids is 1. The zero-order valence-corrected chi connectivity index (χ0v) is 16.3. The molecule has 3 N–H and O–H groups in total. The Bertz CT molecular complexity index is 502. The van der Waals surface area contributed by atoms with Gasteiger partial charge >= 0.3 is 5.97 Å². The van der Waals surface area contributed by atoms with Crippen LogP contribution < -0.4 is 0 Å². The maximum absolute atomic E-state index is 10.9. The molecule has 148 valence electrons.